The normalized spacial score (nSPS) is 10.8. The van der Waals surface area contributed by atoms with Crippen molar-refractivity contribution in [1.82, 2.24) is 14.5 Å². The maximum atomic E-state index is 12.3. The van der Waals surface area contributed by atoms with Crippen LogP contribution in [-0.4, -0.2) is 14.5 Å². The van der Waals surface area contributed by atoms with Crippen LogP contribution in [0.1, 0.15) is 0 Å². The van der Waals surface area contributed by atoms with Gasteiger partial charge in [0.2, 0.25) is 0 Å². The molecule has 0 bridgehead atoms. The maximum Gasteiger partial charge on any atom is 0.334 e. The van der Waals surface area contributed by atoms with E-state index in [1.54, 1.807) is 36.4 Å². The molecule has 0 aliphatic rings. The first-order valence-electron chi connectivity index (χ1n) is 5.53. The summed E-state index contributed by atoms with van der Waals surface area (Å²) in [5.41, 5.74) is -0.553. The summed E-state index contributed by atoms with van der Waals surface area (Å²) < 4.78 is 0.996. The maximum absolute atomic E-state index is 12.3. The van der Waals surface area contributed by atoms with Crippen molar-refractivity contribution in [1.29, 1.82) is 0 Å². The quantitative estimate of drug-likeness (QED) is 0.734. The van der Waals surface area contributed by atoms with Gasteiger partial charge >= 0.3 is 5.69 Å². The van der Waals surface area contributed by atoms with E-state index in [0.29, 0.717) is 15.9 Å². The predicted molar refractivity (Wildman–Crippen MR) is 73.0 cm³/mol. The van der Waals surface area contributed by atoms with Gasteiger partial charge < -0.3 is 4.98 Å². The number of benzene rings is 1. The fourth-order valence-electron chi connectivity index (χ4n) is 1.88. The number of aromatic nitrogens is 3. The van der Waals surface area contributed by atoms with Crippen LogP contribution < -0.4 is 11.2 Å². The van der Waals surface area contributed by atoms with Crippen molar-refractivity contribution in [3.8, 4) is 5.82 Å². The van der Waals surface area contributed by atoms with E-state index in [0.717, 1.165) is 4.57 Å². The summed E-state index contributed by atoms with van der Waals surface area (Å²) in [5, 5.41) is 0.841. The lowest BCUT2D eigenvalue weighted by Crippen LogP contribution is -2.34. The molecule has 1 aromatic carbocycles. The van der Waals surface area contributed by atoms with Crippen molar-refractivity contribution in [2.24, 2.45) is 0 Å². The van der Waals surface area contributed by atoms with Crippen LogP contribution in [0.15, 0.2) is 52.2 Å². The Balaban J connectivity index is 2.43. The number of nitrogens with zero attached hydrogens (tertiary/aromatic N) is 2. The molecule has 0 aliphatic heterocycles. The first-order valence-corrected chi connectivity index (χ1v) is 5.90. The Morgan fingerprint density at radius 1 is 1.16 bits per heavy atom. The summed E-state index contributed by atoms with van der Waals surface area (Å²) in [4.78, 5) is 30.9. The Morgan fingerprint density at radius 2 is 2.00 bits per heavy atom. The molecule has 0 aliphatic carbocycles. The minimum Gasteiger partial charge on any atom is -0.306 e. The average Bonchev–Trinajstić information content (AvgIpc) is 2.39. The third-order valence-corrected chi connectivity index (χ3v) is 2.97. The van der Waals surface area contributed by atoms with E-state index in [9.17, 15) is 9.59 Å². The van der Waals surface area contributed by atoms with Crippen LogP contribution in [0.5, 0.6) is 0 Å². The van der Waals surface area contributed by atoms with E-state index in [1.807, 2.05) is 0 Å². The highest BCUT2D eigenvalue weighted by molar-refractivity contribution is 6.31. The zero-order chi connectivity index (χ0) is 13.4. The second-order valence-corrected chi connectivity index (χ2v) is 4.38. The molecule has 3 rings (SSSR count). The lowest BCUT2D eigenvalue weighted by Gasteiger charge is -2.05. The second kappa shape index (κ2) is 4.37. The summed E-state index contributed by atoms with van der Waals surface area (Å²) in [6.45, 7) is 0. The van der Waals surface area contributed by atoms with E-state index >= 15 is 0 Å². The number of pyridine rings is 1. The highest BCUT2D eigenvalue weighted by atomic mass is 35.5. The van der Waals surface area contributed by atoms with Gasteiger partial charge in [0.15, 0.2) is 0 Å². The molecule has 0 spiro atoms. The average molecular weight is 274 g/mol. The van der Waals surface area contributed by atoms with Gasteiger partial charge in [-0.3, -0.25) is 4.79 Å². The number of fused-ring (bicyclic) bond motifs is 1. The number of hydrogen-bond donors (Lipinski definition) is 1. The van der Waals surface area contributed by atoms with Crippen LogP contribution >= 0.6 is 11.6 Å². The SMILES string of the molecule is O=c1[nH]c2cc(Cl)ccc2c(=O)n1-c1ccccn1. The summed E-state index contributed by atoms with van der Waals surface area (Å²) in [6, 6.07) is 9.74. The summed E-state index contributed by atoms with van der Waals surface area (Å²) in [7, 11) is 0. The smallest absolute Gasteiger partial charge is 0.306 e. The number of nitrogens with one attached hydrogen (secondary N) is 1. The van der Waals surface area contributed by atoms with E-state index < -0.39 is 11.2 Å². The molecule has 6 heteroatoms. The summed E-state index contributed by atoms with van der Waals surface area (Å²) in [5.74, 6) is 0.283. The predicted octanol–water partition coefficient (Wildman–Crippen LogP) is 1.73. The molecule has 0 saturated heterocycles. The van der Waals surface area contributed by atoms with Gasteiger partial charge in [-0.15, -0.1) is 0 Å². The second-order valence-electron chi connectivity index (χ2n) is 3.95. The van der Waals surface area contributed by atoms with Crippen molar-refractivity contribution < 1.29 is 0 Å². The highest BCUT2D eigenvalue weighted by Gasteiger charge is 2.10. The van der Waals surface area contributed by atoms with Gasteiger partial charge in [0.25, 0.3) is 5.56 Å². The largest absolute Gasteiger partial charge is 0.334 e. The first-order chi connectivity index (χ1) is 9.16. The molecule has 19 heavy (non-hydrogen) atoms. The van der Waals surface area contributed by atoms with E-state index in [4.69, 9.17) is 11.6 Å². The third-order valence-electron chi connectivity index (χ3n) is 2.74. The number of hydrogen-bond acceptors (Lipinski definition) is 3. The van der Waals surface area contributed by atoms with Crippen molar-refractivity contribution in [3.05, 3.63) is 68.5 Å². The molecule has 3 aromatic rings. The van der Waals surface area contributed by atoms with E-state index in [1.165, 1.54) is 6.20 Å². The summed E-state index contributed by atoms with van der Waals surface area (Å²) >= 11 is 5.84. The Labute approximate surface area is 112 Å². The van der Waals surface area contributed by atoms with Crippen LogP contribution in [-0.2, 0) is 0 Å². The van der Waals surface area contributed by atoms with E-state index in [-0.39, 0.29) is 5.82 Å². The molecule has 2 heterocycles. The third kappa shape index (κ3) is 1.94. The van der Waals surface area contributed by atoms with Crippen LogP contribution in [0, 0.1) is 0 Å². The molecule has 0 atom stereocenters. The number of aromatic amines is 1. The van der Waals surface area contributed by atoms with Gasteiger partial charge in [0.1, 0.15) is 5.82 Å². The molecule has 1 N–H and O–H groups in total. The fraction of sp³-hybridized carbons (Fsp3) is 0. The Kier molecular flexibility index (Phi) is 2.68. The van der Waals surface area contributed by atoms with Gasteiger partial charge in [0.05, 0.1) is 10.9 Å². The van der Waals surface area contributed by atoms with Crippen molar-refractivity contribution in [2.45, 2.75) is 0 Å². The Morgan fingerprint density at radius 3 is 2.74 bits per heavy atom. The first kappa shape index (κ1) is 11.7. The molecule has 0 radical (unpaired) electrons. The summed E-state index contributed by atoms with van der Waals surface area (Å²) in [6.07, 6.45) is 1.52. The van der Waals surface area contributed by atoms with E-state index in [2.05, 4.69) is 9.97 Å². The zero-order valence-electron chi connectivity index (χ0n) is 9.63. The molecule has 2 aromatic heterocycles. The van der Waals surface area contributed by atoms with Crippen LogP contribution in [0.4, 0.5) is 0 Å². The molecular weight excluding hydrogens is 266 g/mol. The Bertz CT molecular complexity index is 868. The number of rotatable bonds is 1. The van der Waals surface area contributed by atoms with Gasteiger partial charge in [-0.2, -0.15) is 0 Å². The molecule has 5 nitrogen and oxygen atoms in total. The highest BCUT2D eigenvalue weighted by Crippen LogP contribution is 2.13. The van der Waals surface area contributed by atoms with Crippen molar-refractivity contribution >= 4 is 22.5 Å². The monoisotopic (exact) mass is 273 g/mol. The molecule has 0 unspecified atom stereocenters. The van der Waals surface area contributed by atoms with Crippen LogP contribution in [0.3, 0.4) is 0 Å². The fourth-order valence-corrected chi connectivity index (χ4v) is 2.06. The van der Waals surface area contributed by atoms with Crippen LogP contribution in [0.25, 0.3) is 16.7 Å². The van der Waals surface area contributed by atoms with Gasteiger partial charge in [-0.25, -0.2) is 14.3 Å². The lowest BCUT2D eigenvalue weighted by molar-refractivity contribution is 0.868. The minimum absolute atomic E-state index is 0.283. The van der Waals surface area contributed by atoms with Crippen LogP contribution in [0.2, 0.25) is 5.02 Å². The molecule has 0 fully saturated rings. The molecule has 0 saturated carbocycles. The number of halogens is 1. The number of H-pyrrole nitrogens is 1. The molecule has 94 valence electrons. The van der Waals surface area contributed by atoms with Gasteiger partial charge in [-0.05, 0) is 30.3 Å². The van der Waals surface area contributed by atoms with Gasteiger partial charge in [-0.1, -0.05) is 17.7 Å². The molecular formula is C13H8ClN3O2. The standard InChI is InChI=1S/C13H8ClN3O2/c14-8-4-5-9-10(7-8)16-13(19)17(12(9)18)11-3-1-2-6-15-11/h1-7H,(H,16,19). The van der Waals surface area contributed by atoms with Crippen molar-refractivity contribution in [3.63, 3.8) is 0 Å². The van der Waals surface area contributed by atoms with Gasteiger partial charge in [0, 0.05) is 11.2 Å². The zero-order valence-corrected chi connectivity index (χ0v) is 10.4. The molecule has 0 amide bonds. The minimum atomic E-state index is -0.543. The Hall–Kier alpha value is -2.40. The topological polar surface area (TPSA) is 67.8 Å². The lowest BCUT2D eigenvalue weighted by atomic mass is 10.2. The van der Waals surface area contributed by atoms with Crippen molar-refractivity contribution in [2.75, 3.05) is 0 Å².